The minimum atomic E-state index is -3.88. The summed E-state index contributed by atoms with van der Waals surface area (Å²) in [5.41, 5.74) is 2.54. The van der Waals surface area contributed by atoms with E-state index in [2.05, 4.69) is 20.5 Å². The molecule has 11 nitrogen and oxygen atoms in total. The fourth-order valence-corrected chi connectivity index (χ4v) is 3.38. The Bertz CT molecular complexity index is 1250. The number of aliphatic hydroxyl groups excluding tert-OH is 3. The van der Waals surface area contributed by atoms with E-state index in [-0.39, 0.29) is 21.3 Å². The molecule has 1 aliphatic heterocycles. The Kier molecular flexibility index (Phi) is 6.79. The van der Waals surface area contributed by atoms with Gasteiger partial charge in [-0.3, -0.25) is 15.2 Å². The van der Waals surface area contributed by atoms with Crippen LogP contribution in [-0.2, 0) is 14.8 Å². The second-order valence-corrected chi connectivity index (χ2v) is 8.53. The summed E-state index contributed by atoms with van der Waals surface area (Å²) in [6.07, 6.45) is -3.40. The Labute approximate surface area is 181 Å². The third kappa shape index (κ3) is 5.31. The van der Waals surface area contributed by atoms with Crippen molar-refractivity contribution >= 4 is 38.9 Å². The molecule has 31 heavy (non-hydrogen) atoms. The molecule has 3 rings (SSSR count). The number of rotatable bonds is 7. The molecule has 0 aliphatic carbocycles. The molecule has 0 aromatic heterocycles. The Morgan fingerprint density at radius 2 is 1.87 bits per heavy atom. The van der Waals surface area contributed by atoms with E-state index in [1.807, 2.05) is 0 Å². The quantitative estimate of drug-likeness (QED) is 0.237. The highest BCUT2D eigenvalue weighted by Crippen LogP contribution is 2.14. The third-order valence-electron chi connectivity index (χ3n) is 4.30. The van der Waals surface area contributed by atoms with Crippen LogP contribution in [0.15, 0.2) is 62.4 Å². The number of aliphatic hydroxyl groups is 3. The van der Waals surface area contributed by atoms with Gasteiger partial charge in [0, 0.05) is 5.02 Å². The minimum Gasteiger partial charge on any atom is -0.394 e. The van der Waals surface area contributed by atoms with Crippen molar-refractivity contribution < 1.29 is 28.5 Å². The number of amides is 1. The minimum absolute atomic E-state index is 0.122. The lowest BCUT2D eigenvalue weighted by molar-refractivity contribution is -0.118. The Morgan fingerprint density at radius 1 is 1.19 bits per heavy atom. The first-order chi connectivity index (χ1) is 14.6. The smallest absolute Gasteiger partial charge is 0.277 e. The SMILES string of the molecule is NS(=O)(=O)c1ccc(N/N=C(\C2N=c3cc(Cl)ccc3=NC2=O)C(O)C(O)CO)cc1. The van der Waals surface area contributed by atoms with Gasteiger partial charge in [-0.25, -0.2) is 18.5 Å². The van der Waals surface area contributed by atoms with Gasteiger partial charge in [-0.15, -0.1) is 0 Å². The van der Waals surface area contributed by atoms with E-state index < -0.39 is 40.8 Å². The number of nitrogens with zero attached hydrogens (tertiary/aromatic N) is 3. The van der Waals surface area contributed by atoms with Crippen molar-refractivity contribution in [3.05, 3.63) is 58.2 Å². The average Bonchev–Trinajstić information content (AvgIpc) is 2.73. The van der Waals surface area contributed by atoms with Crippen LogP contribution in [0.1, 0.15) is 0 Å². The molecule has 3 atom stereocenters. The first kappa shape index (κ1) is 22.9. The fourth-order valence-electron chi connectivity index (χ4n) is 2.70. The fraction of sp³-hybridized carbons (Fsp3) is 0.222. The number of hydrazone groups is 1. The largest absolute Gasteiger partial charge is 0.394 e. The number of hydrogen-bond acceptors (Lipinski definition) is 9. The second kappa shape index (κ2) is 9.18. The van der Waals surface area contributed by atoms with Crippen LogP contribution in [0.4, 0.5) is 5.69 Å². The average molecular weight is 468 g/mol. The van der Waals surface area contributed by atoms with Gasteiger partial charge in [0.25, 0.3) is 5.91 Å². The van der Waals surface area contributed by atoms with Crippen LogP contribution in [0, 0.1) is 0 Å². The van der Waals surface area contributed by atoms with Crippen LogP contribution >= 0.6 is 11.6 Å². The number of sulfonamides is 1. The lowest BCUT2D eigenvalue weighted by Gasteiger charge is -2.22. The van der Waals surface area contributed by atoms with Gasteiger partial charge in [-0.1, -0.05) is 11.6 Å². The summed E-state index contributed by atoms with van der Waals surface area (Å²) < 4.78 is 22.7. The highest BCUT2D eigenvalue weighted by atomic mass is 35.5. The summed E-state index contributed by atoms with van der Waals surface area (Å²) >= 11 is 5.96. The van der Waals surface area contributed by atoms with Crippen molar-refractivity contribution in [3.8, 4) is 0 Å². The van der Waals surface area contributed by atoms with Crippen molar-refractivity contribution in [2.45, 2.75) is 23.1 Å². The number of anilines is 1. The van der Waals surface area contributed by atoms with Crippen LogP contribution in [0.5, 0.6) is 0 Å². The molecular formula is C18H18ClN5O6S. The predicted octanol–water partition coefficient (Wildman–Crippen LogP) is -1.68. The summed E-state index contributed by atoms with van der Waals surface area (Å²) in [6, 6.07) is 8.31. The van der Waals surface area contributed by atoms with E-state index in [1.165, 1.54) is 36.4 Å². The van der Waals surface area contributed by atoms with Crippen molar-refractivity contribution in [2.75, 3.05) is 12.0 Å². The standard InChI is InChI=1S/C18H18ClN5O6S/c19-9-1-6-12-13(7-9)21-16(18(28)22-12)15(17(27)14(26)8-25)24-23-10-2-4-11(5-3-10)31(20,29)30/h1-7,14,16-17,23,25-27H,8H2,(H2,20,29,30)/b24-15+. The number of hydrogen-bond donors (Lipinski definition) is 5. The van der Waals surface area contributed by atoms with E-state index in [0.717, 1.165) is 0 Å². The van der Waals surface area contributed by atoms with Gasteiger partial charge in [0.1, 0.15) is 17.9 Å². The van der Waals surface area contributed by atoms with Crippen molar-refractivity contribution in [2.24, 2.45) is 20.2 Å². The molecule has 13 heteroatoms. The second-order valence-electron chi connectivity index (χ2n) is 6.53. The first-order valence-electron chi connectivity index (χ1n) is 8.79. The van der Waals surface area contributed by atoms with E-state index in [0.29, 0.717) is 10.7 Å². The van der Waals surface area contributed by atoms with Gasteiger partial charge >= 0.3 is 0 Å². The highest BCUT2D eigenvalue weighted by Gasteiger charge is 2.34. The molecule has 3 unspecified atom stereocenters. The zero-order valence-electron chi connectivity index (χ0n) is 15.8. The molecule has 0 radical (unpaired) electrons. The molecule has 2 aromatic carbocycles. The molecule has 1 aliphatic rings. The molecule has 164 valence electrons. The van der Waals surface area contributed by atoms with Crippen LogP contribution in [0.2, 0.25) is 5.02 Å². The number of halogens is 1. The van der Waals surface area contributed by atoms with Crippen LogP contribution in [0.25, 0.3) is 0 Å². The molecule has 0 fully saturated rings. The normalized spacial score (nSPS) is 18.4. The van der Waals surface area contributed by atoms with Gasteiger partial charge in [-0.05, 0) is 42.5 Å². The highest BCUT2D eigenvalue weighted by molar-refractivity contribution is 7.89. The van der Waals surface area contributed by atoms with Gasteiger partial charge in [-0.2, -0.15) is 5.10 Å². The first-order valence-corrected chi connectivity index (χ1v) is 10.7. The monoisotopic (exact) mass is 467 g/mol. The maximum Gasteiger partial charge on any atom is 0.277 e. The Balaban J connectivity index is 1.99. The third-order valence-corrected chi connectivity index (χ3v) is 5.47. The van der Waals surface area contributed by atoms with Crippen LogP contribution < -0.4 is 21.3 Å². The molecule has 0 spiro atoms. The van der Waals surface area contributed by atoms with Gasteiger partial charge in [0.05, 0.1) is 27.9 Å². The summed E-state index contributed by atoms with van der Waals surface area (Å²) in [4.78, 5) is 20.6. The van der Waals surface area contributed by atoms with Gasteiger partial charge < -0.3 is 15.3 Å². The van der Waals surface area contributed by atoms with Crippen LogP contribution in [-0.4, -0.2) is 60.2 Å². The molecule has 1 amide bonds. The molecular weight excluding hydrogens is 450 g/mol. The maximum atomic E-state index is 12.5. The van der Waals surface area contributed by atoms with Gasteiger partial charge in [0.15, 0.2) is 6.04 Å². The topological polar surface area (TPSA) is 187 Å². The molecule has 2 aromatic rings. The van der Waals surface area contributed by atoms with Crippen molar-refractivity contribution in [3.63, 3.8) is 0 Å². The van der Waals surface area contributed by atoms with Crippen molar-refractivity contribution in [1.29, 1.82) is 0 Å². The number of fused-ring (bicyclic) bond motifs is 1. The predicted molar refractivity (Wildman–Crippen MR) is 111 cm³/mol. The summed E-state index contributed by atoms with van der Waals surface area (Å²) in [7, 11) is -3.88. The summed E-state index contributed by atoms with van der Waals surface area (Å²) in [5.74, 6) is -0.746. The number of primary sulfonamides is 1. The molecule has 6 N–H and O–H groups in total. The number of benzene rings is 2. The number of carbonyl (C=O) groups is 1. The molecule has 0 saturated heterocycles. The lowest BCUT2D eigenvalue weighted by atomic mass is 10.0. The van der Waals surface area contributed by atoms with Gasteiger partial charge in [0.2, 0.25) is 10.0 Å². The molecule has 0 saturated carbocycles. The Hall–Kier alpha value is -2.74. The lowest BCUT2D eigenvalue weighted by Crippen LogP contribution is -2.48. The Morgan fingerprint density at radius 3 is 2.48 bits per heavy atom. The van der Waals surface area contributed by atoms with E-state index in [9.17, 15) is 28.5 Å². The number of nitrogens with one attached hydrogen (secondary N) is 1. The molecule has 1 heterocycles. The zero-order chi connectivity index (χ0) is 22.8. The van der Waals surface area contributed by atoms with E-state index in [4.69, 9.17) is 16.7 Å². The van der Waals surface area contributed by atoms with E-state index in [1.54, 1.807) is 6.07 Å². The van der Waals surface area contributed by atoms with Crippen LogP contribution in [0.3, 0.4) is 0 Å². The summed E-state index contributed by atoms with van der Waals surface area (Å²) in [5, 5.41) is 39.5. The molecule has 0 bridgehead atoms. The van der Waals surface area contributed by atoms with Crippen molar-refractivity contribution in [1.82, 2.24) is 0 Å². The number of nitrogens with two attached hydrogens (primary N) is 1. The maximum absolute atomic E-state index is 12.5. The number of carbonyl (C=O) groups excluding carboxylic acids is 1. The van der Waals surface area contributed by atoms with E-state index >= 15 is 0 Å². The summed E-state index contributed by atoms with van der Waals surface area (Å²) in [6.45, 7) is -0.802. The zero-order valence-corrected chi connectivity index (χ0v) is 17.3.